The maximum Gasteiger partial charge on any atom is 0.407 e. The standard InChI is InChI=1S/C49H64N4O6S2/c1-8-35(3)43(45(55)53-42(32-36-22-14-10-15-23-36)44(54)52-41(30-31-60-7)46(56)58-9-2)50-33-40(51-47(57)59-48(4,5)6)34-61-49(37-24-16-11-17-25-37,38-26-18-12-19-27-38)39-28-20-13-21-29-39/h10-29,35,40-43,50H,8-9,30-34H2,1-7H3,(H,51,57)(H,52,54)(H,53,55)/t35?,40-,41+,42+,43+/m1/s1. The highest BCUT2D eigenvalue weighted by Gasteiger charge is 2.38. The molecule has 0 bridgehead atoms. The lowest BCUT2D eigenvalue weighted by atomic mass is 9.84. The smallest absolute Gasteiger partial charge is 0.407 e. The van der Waals surface area contributed by atoms with E-state index in [0.29, 0.717) is 24.3 Å². The number of esters is 1. The van der Waals surface area contributed by atoms with Crippen LogP contribution in [0.4, 0.5) is 4.79 Å². The topological polar surface area (TPSA) is 135 Å². The van der Waals surface area contributed by atoms with Crippen LogP contribution >= 0.6 is 23.5 Å². The molecule has 0 aliphatic rings. The van der Waals surface area contributed by atoms with Gasteiger partial charge in [0, 0.05) is 18.7 Å². The highest BCUT2D eigenvalue weighted by atomic mass is 32.2. The molecule has 328 valence electrons. The molecule has 10 nitrogen and oxygen atoms in total. The van der Waals surface area contributed by atoms with Gasteiger partial charge >= 0.3 is 12.1 Å². The van der Waals surface area contributed by atoms with Gasteiger partial charge < -0.3 is 30.7 Å². The molecule has 0 spiro atoms. The molecule has 0 saturated carbocycles. The molecule has 4 aromatic carbocycles. The van der Waals surface area contributed by atoms with Crippen LogP contribution in [0.3, 0.4) is 0 Å². The number of carbonyl (C=O) groups is 4. The number of ether oxygens (including phenoxy) is 2. The first-order chi connectivity index (χ1) is 29.3. The van der Waals surface area contributed by atoms with E-state index in [1.165, 1.54) is 0 Å². The molecule has 4 N–H and O–H groups in total. The minimum Gasteiger partial charge on any atom is -0.464 e. The van der Waals surface area contributed by atoms with Gasteiger partial charge in [-0.2, -0.15) is 11.8 Å². The SMILES string of the molecule is CCOC(=O)[C@H](CCSC)NC(=O)[C@H](Cc1ccccc1)NC(=O)[C@@H](NC[C@H](CSC(c1ccccc1)(c1ccccc1)c1ccccc1)NC(=O)OC(C)(C)C)C(C)CC. The number of alkyl carbamates (subject to hydrolysis) is 1. The Balaban J connectivity index is 1.66. The van der Waals surface area contributed by atoms with Crippen molar-refractivity contribution in [2.45, 2.75) is 95.3 Å². The minimum atomic E-state index is -0.982. The quantitative estimate of drug-likeness (QED) is 0.0431. The van der Waals surface area contributed by atoms with Crippen molar-refractivity contribution in [2.24, 2.45) is 5.92 Å². The van der Waals surface area contributed by atoms with Crippen LogP contribution in [0.2, 0.25) is 0 Å². The predicted octanol–water partition coefficient (Wildman–Crippen LogP) is 8.14. The first-order valence-electron chi connectivity index (χ1n) is 21.1. The number of amides is 3. The second-order valence-corrected chi connectivity index (χ2v) is 18.3. The summed E-state index contributed by atoms with van der Waals surface area (Å²) in [5.74, 6) is -0.423. The molecule has 4 aromatic rings. The van der Waals surface area contributed by atoms with Crippen LogP contribution in [0, 0.1) is 5.92 Å². The monoisotopic (exact) mass is 868 g/mol. The number of hydrogen-bond acceptors (Lipinski definition) is 9. The van der Waals surface area contributed by atoms with Crippen LogP contribution in [-0.4, -0.2) is 84.6 Å². The molecule has 0 aliphatic carbocycles. The fourth-order valence-electron chi connectivity index (χ4n) is 7.00. The summed E-state index contributed by atoms with van der Waals surface area (Å²) in [6.07, 6.45) is 2.63. The Morgan fingerprint density at radius 2 is 1.20 bits per heavy atom. The zero-order valence-corrected chi connectivity index (χ0v) is 38.3. The Hall–Kier alpha value is -4.78. The van der Waals surface area contributed by atoms with E-state index in [4.69, 9.17) is 9.47 Å². The van der Waals surface area contributed by atoms with Gasteiger partial charge in [-0.05, 0) is 74.3 Å². The molecule has 4 rings (SSSR count). The van der Waals surface area contributed by atoms with E-state index < -0.39 is 52.5 Å². The van der Waals surface area contributed by atoms with Crippen molar-refractivity contribution < 1.29 is 28.7 Å². The zero-order chi connectivity index (χ0) is 44.3. The first kappa shape index (κ1) is 48.9. The highest BCUT2D eigenvalue weighted by molar-refractivity contribution is 8.00. The molecule has 0 aliphatic heterocycles. The lowest BCUT2D eigenvalue weighted by Crippen LogP contribution is -2.58. The third-order valence-electron chi connectivity index (χ3n) is 10.3. The average molecular weight is 869 g/mol. The molecule has 3 amide bonds. The normalized spacial score (nSPS) is 14.1. The molecule has 0 heterocycles. The second-order valence-electron chi connectivity index (χ2n) is 16.1. The number of hydrogen-bond donors (Lipinski definition) is 4. The molecule has 0 saturated heterocycles. The van der Waals surface area contributed by atoms with Crippen molar-refractivity contribution >= 4 is 47.4 Å². The molecule has 5 atom stereocenters. The van der Waals surface area contributed by atoms with Gasteiger partial charge in [0.05, 0.1) is 23.4 Å². The van der Waals surface area contributed by atoms with Gasteiger partial charge in [0.15, 0.2) is 0 Å². The van der Waals surface area contributed by atoms with E-state index in [1.54, 1.807) is 30.4 Å². The van der Waals surface area contributed by atoms with E-state index in [0.717, 1.165) is 22.3 Å². The number of thioether (sulfide) groups is 2. The largest absolute Gasteiger partial charge is 0.464 e. The van der Waals surface area contributed by atoms with E-state index in [1.807, 2.05) is 126 Å². The van der Waals surface area contributed by atoms with Gasteiger partial charge in [-0.25, -0.2) is 9.59 Å². The van der Waals surface area contributed by atoms with Crippen LogP contribution < -0.4 is 21.3 Å². The fourth-order valence-corrected chi connectivity index (χ4v) is 9.03. The molecule has 0 aromatic heterocycles. The summed E-state index contributed by atoms with van der Waals surface area (Å²) < 4.78 is 10.4. The zero-order valence-electron chi connectivity index (χ0n) is 36.6. The molecular formula is C49H64N4O6S2. The van der Waals surface area contributed by atoms with Gasteiger partial charge in [0.2, 0.25) is 11.8 Å². The van der Waals surface area contributed by atoms with E-state index in [2.05, 4.69) is 57.7 Å². The summed E-state index contributed by atoms with van der Waals surface area (Å²) >= 11 is 3.27. The predicted molar refractivity (Wildman–Crippen MR) is 250 cm³/mol. The van der Waals surface area contributed by atoms with Crippen molar-refractivity contribution in [1.82, 2.24) is 21.3 Å². The summed E-state index contributed by atoms with van der Waals surface area (Å²) in [5.41, 5.74) is 3.37. The third-order valence-corrected chi connectivity index (χ3v) is 12.6. The van der Waals surface area contributed by atoms with Gasteiger partial charge in [0.1, 0.15) is 17.7 Å². The summed E-state index contributed by atoms with van der Waals surface area (Å²) in [7, 11) is 0. The maximum atomic E-state index is 14.5. The van der Waals surface area contributed by atoms with Crippen molar-refractivity contribution in [3.63, 3.8) is 0 Å². The number of benzene rings is 4. The van der Waals surface area contributed by atoms with Gasteiger partial charge in [-0.1, -0.05) is 142 Å². The Bertz CT molecular complexity index is 1840. The van der Waals surface area contributed by atoms with Crippen LogP contribution in [0.15, 0.2) is 121 Å². The number of nitrogens with one attached hydrogen (secondary N) is 4. The fraction of sp³-hybridized carbons (Fsp3) is 0.429. The minimum absolute atomic E-state index is 0.152. The van der Waals surface area contributed by atoms with E-state index in [-0.39, 0.29) is 31.4 Å². The van der Waals surface area contributed by atoms with Gasteiger partial charge in [0.25, 0.3) is 0 Å². The van der Waals surface area contributed by atoms with Crippen molar-refractivity contribution in [3.05, 3.63) is 144 Å². The molecule has 12 heteroatoms. The van der Waals surface area contributed by atoms with Crippen molar-refractivity contribution in [3.8, 4) is 0 Å². The van der Waals surface area contributed by atoms with Crippen LogP contribution in [0.1, 0.15) is 76.6 Å². The van der Waals surface area contributed by atoms with Crippen molar-refractivity contribution in [2.75, 3.05) is 30.9 Å². The van der Waals surface area contributed by atoms with E-state index in [9.17, 15) is 19.2 Å². The maximum absolute atomic E-state index is 14.5. The van der Waals surface area contributed by atoms with Crippen LogP contribution in [-0.2, 0) is 35.0 Å². The Morgan fingerprint density at radius 1 is 0.689 bits per heavy atom. The third kappa shape index (κ3) is 15.0. The molecule has 61 heavy (non-hydrogen) atoms. The van der Waals surface area contributed by atoms with Crippen LogP contribution in [0.5, 0.6) is 0 Å². The van der Waals surface area contributed by atoms with Crippen molar-refractivity contribution in [1.29, 1.82) is 0 Å². The molecule has 0 fully saturated rings. The molecule has 0 radical (unpaired) electrons. The molecular weight excluding hydrogens is 805 g/mol. The Labute approximate surface area is 371 Å². The Kier molecular flexibility index (Phi) is 19.7. The lowest BCUT2D eigenvalue weighted by molar-refractivity contribution is -0.147. The Morgan fingerprint density at radius 3 is 1.67 bits per heavy atom. The van der Waals surface area contributed by atoms with Crippen LogP contribution in [0.25, 0.3) is 0 Å². The highest BCUT2D eigenvalue weighted by Crippen LogP contribution is 2.48. The summed E-state index contributed by atoms with van der Waals surface area (Å²) in [6.45, 7) is 11.6. The summed E-state index contributed by atoms with van der Waals surface area (Å²) in [5, 5.41) is 12.5. The first-order valence-corrected chi connectivity index (χ1v) is 23.5. The number of carbonyl (C=O) groups excluding carboxylic acids is 4. The van der Waals surface area contributed by atoms with E-state index >= 15 is 0 Å². The summed E-state index contributed by atoms with van der Waals surface area (Å²) in [4.78, 5) is 54.9. The second kappa shape index (κ2) is 24.6. The summed E-state index contributed by atoms with van der Waals surface area (Å²) in [6, 6.07) is 37.4. The number of rotatable bonds is 23. The average Bonchev–Trinajstić information content (AvgIpc) is 3.25. The van der Waals surface area contributed by atoms with Gasteiger partial charge in [-0.3, -0.25) is 9.59 Å². The lowest BCUT2D eigenvalue weighted by Gasteiger charge is -2.37. The molecule has 1 unspecified atom stereocenters. The van der Waals surface area contributed by atoms with Gasteiger partial charge in [-0.15, -0.1) is 11.8 Å².